The van der Waals surface area contributed by atoms with Crippen LogP contribution in [0.1, 0.15) is 30.9 Å². The first kappa shape index (κ1) is 16.4. The number of benzene rings is 1. The molecule has 4 heteroatoms. The van der Waals surface area contributed by atoms with E-state index in [2.05, 4.69) is 31.3 Å². The van der Waals surface area contributed by atoms with Gasteiger partial charge >= 0.3 is 0 Å². The molecule has 1 unspecified atom stereocenters. The molecule has 1 aromatic rings. The molecule has 0 aliphatic rings. The van der Waals surface area contributed by atoms with E-state index in [0.29, 0.717) is 5.92 Å². The largest absolute Gasteiger partial charge is 0.389 e. The van der Waals surface area contributed by atoms with Crippen molar-refractivity contribution in [2.24, 2.45) is 0 Å². The Hall–Kier alpha value is -1.65. The smallest absolute Gasteiger partial charge is 0.244 e. The Morgan fingerprint density at radius 2 is 2.00 bits per heavy atom. The minimum absolute atomic E-state index is 0.184. The summed E-state index contributed by atoms with van der Waals surface area (Å²) in [7, 11) is 1.51. The lowest BCUT2D eigenvalue weighted by Gasteiger charge is -2.09. The molecule has 0 saturated heterocycles. The standard InChI is InChI=1S/C16H23NO3/c1-12(2)14-7-4-13(5-8-14)6-9-16(19)17-10-15(18)11-20-3/h4-9,12,15,18H,10-11H2,1-3H3,(H,17,19). The second-order valence-electron chi connectivity index (χ2n) is 5.01. The van der Waals surface area contributed by atoms with Crippen LogP contribution in [0, 0.1) is 0 Å². The Morgan fingerprint density at radius 3 is 2.55 bits per heavy atom. The highest BCUT2D eigenvalue weighted by Crippen LogP contribution is 2.15. The summed E-state index contributed by atoms with van der Waals surface area (Å²) in [5.41, 5.74) is 2.25. The molecule has 0 spiro atoms. The van der Waals surface area contributed by atoms with Crippen LogP contribution in [-0.4, -0.2) is 37.4 Å². The second-order valence-corrected chi connectivity index (χ2v) is 5.01. The maximum atomic E-state index is 11.6. The van der Waals surface area contributed by atoms with Crippen molar-refractivity contribution in [3.8, 4) is 0 Å². The zero-order valence-corrected chi connectivity index (χ0v) is 12.3. The topological polar surface area (TPSA) is 58.6 Å². The van der Waals surface area contributed by atoms with Crippen LogP contribution in [0.15, 0.2) is 30.3 Å². The van der Waals surface area contributed by atoms with Crippen molar-refractivity contribution in [2.75, 3.05) is 20.3 Å². The van der Waals surface area contributed by atoms with Crippen LogP contribution in [0.4, 0.5) is 0 Å². The van der Waals surface area contributed by atoms with Gasteiger partial charge in [-0.15, -0.1) is 0 Å². The van der Waals surface area contributed by atoms with Gasteiger partial charge in [0, 0.05) is 19.7 Å². The summed E-state index contributed by atoms with van der Waals surface area (Å²) >= 11 is 0. The molecule has 20 heavy (non-hydrogen) atoms. The number of carbonyl (C=O) groups is 1. The number of hydrogen-bond donors (Lipinski definition) is 2. The zero-order valence-electron chi connectivity index (χ0n) is 12.3. The van der Waals surface area contributed by atoms with E-state index in [1.54, 1.807) is 6.08 Å². The number of nitrogens with one attached hydrogen (secondary N) is 1. The van der Waals surface area contributed by atoms with E-state index in [1.807, 2.05) is 12.1 Å². The Morgan fingerprint density at radius 1 is 1.35 bits per heavy atom. The Labute approximate surface area is 120 Å². The lowest BCUT2D eigenvalue weighted by atomic mass is 10.0. The van der Waals surface area contributed by atoms with Gasteiger partial charge in [0.15, 0.2) is 0 Å². The van der Waals surface area contributed by atoms with E-state index in [1.165, 1.54) is 18.7 Å². The van der Waals surface area contributed by atoms with E-state index in [0.717, 1.165) is 5.56 Å². The molecule has 0 aromatic heterocycles. The van der Waals surface area contributed by atoms with E-state index in [4.69, 9.17) is 4.74 Å². The van der Waals surface area contributed by atoms with Crippen molar-refractivity contribution >= 4 is 12.0 Å². The minimum atomic E-state index is -0.678. The lowest BCUT2D eigenvalue weighted by Crippen LogP contribution is -2.33. The average molecular weight is 277 g/mol. The van der Waals surface area contributed by atoms with Gasteiger partial charge in [-0.1, -0.05) is 38.1 Å². The summed E-state index contributed by atoms with van der Waals surface area (Å²) in [6.45, 7) is 4.68. The van der Waals surface area contributed by atoms with Gasteiger partial charge in [-0.05, 0) is 23.1 Å². The molecule has 0 heterocycles. The predicted molar refractivity (Wildman–Crippen MR) is 80.5 cm³/mol. The average Bonchev–Trinajstić information content (AvgIpc) is 2.43. The van der Waals surface area contributed by atoms with Crippen LogP contribution in [-0.2, 0) is 9.53 Å². The fraction of sp³-hybridized carbons (Fsp3) is 0.438. The molecule has 0 radical (unpaired) electrons. The maximum Gasteiger partial charge on any atom is 0.244 e. The minimum Gasteiger partial charge on any atom is -0.389 e. The van der Waals surface area contributed by atoms with Crippen molar-refractivity contribution in [1.29, 1.82) is 0 Å². The molecule has 0 fully saturated rings. The third-order valence-corrected chi connectivity index (χ3v) is 2.90. The van der Waals surface area contributed by atoms with E-state index >= 15 is 0 Å². The molecule has 1 amide bonds. The van der Waals surface area contributed by atoms with Gasteiger partial charge in [0.1, 0.15) is 0 Å². The number of hydrogen-bond acceptors (Lipinski definition) is 3. The zero-order chi connectivity index (χ0) is 15.0. The van der Waals surface area contributed by atoms with Crippen molar-refractivity contribution < 1.29 is 14.6 Å². The van der Waals surface area contributed by atoms with Crippen molar-refractivity contribution in [3.05, 3.63) is 41.5 Å². The molecule has 1 aromatic carbocycles. The number of aliphatic hydroxyl groups is 1. The lowest BCUT2D eigenvalue weighted by molar-refractivity contribution is -0.117. The van der Waals surface area contributed by atoms with Gasteiger partial charge < -0.3 is 15.2 Å². The summed E-state index contributed by atoms with van der Waals surface area (Å²) < 4.78 is 4.78. The third kappa shape index (κ3) is 5.99. The molecular formula is C16H23NO3. The molecule has 0 saturated carbocycles. The molecule has 1 atom stereocenters. The number of ether oxygens (including phenoxy) is 1. The van der Waals surface area contributed by atoms with Crippen LogP contribution in [0.2, 0.25) is 0 Å². The first-order valence-corrected chi connectivity index (χ1v) is 6.75. The first-order chi connectivity index (χ1) is 9.52. The molecule has 110 valence electrons. The van der Waals surface area contributed by atoms with Crippen LogP contribution in [0.5, 0.6) is 0 Å². The van der Waals surface area contributed by atoms with Gasteiger partial charge in [0.25, 0.3) is 0 Å². The fourth-order valence-corrected chi connectivity index (χ4v) is 1.69. The third-order valence-electron chi connectivity index (χ3n) is 2.90. The number of methoxy groups -OCH3 is 1. The Bertz CT molecular complexity index is 438. The molecule has 1 rings (SSSR count). The molecule has 0 bridgehead atoms. The summed E-state index contributed by atoms with van der Waals surface area (Å²) in [5.74, 6) is 0.270. The van der Waals surface area contributed by atoms with E-state index in [-0.39, 0.29) is 19.1 Å². The highest BCUT2D eigenvalue weighted by Gasteiger charge is 2.04. The van der Waals surface area contributed by atoms with Gasteiger partial charge in [-0.3, -0.25) is 4.79 Å². The maximum absolute atomic E-state index is 11.6. The van der Waals surface area contributed by atoms with Crippen LogP contribution in [0.3, 0.4) is 0 Å². The quantitative estimate of drug-likeness (QED) is 0.749. The second kappa shape index (κ2) is 8.51. The predicted octanol–water partition coefficient (Wildman–Crippen LogP) is 1.95. The van der Waals surface area contributed by atoms with Gasteiger partial charge in [-0.2, -0.15) is 0 Å². The Kier molecular flexibility index (Phi) is 6.98. The number of aliphatic hydroxyl groups excluding tert-OH is 1. The van der Waals surface area contributed by atoms with Crippen LogP contribution < -0.4 is 5.32 Å². The molecular weight excluding hydrogens is 254 g/mol. The first-order valence-electron chi connectivity index (χ1n) is 6.75. The molecule has 0 aliphatic heterocycles. The summed E-state index contributed by atoms with van der Waals surface area (Å²) in [4.78, 5) is 11.6. The van der Waals surface area contributed by atoms with Gasteiger partial charge in [0.2, 0.25) is 5.91 Å². The molecule has 2 N–H and O–H groups in total. The number of amides is 1. The molecule has 0 aliphatic carbocycles. The number of carbonyl (C=O) groups excluding carboxylic acids is 1. The van der Waals surface area contributed by atoms with E-state index in [9.17, 15) is 9.90 Å². The highest BCUT2D eigenvalue weighted by molar-refractivity contribution is 5.91. The van der Waals surface area contributed by atoms with Crippen LogP contribution in [0.25, 0.3) is 6.08 Å². The summed E-state index contributed by atoms with van der Waals surface area (Å²) in [5, 5.41) is 12.0. The van der Waals surface area contributed by atoms with Crippen molar-refractivity contribution in [1.82, 2.24) is 5.32 Å². The molecule has 4 nitrogen and oxygen atoms in total. The van der Waals surface area contributed by atoms with Gasteiger partial charge in [-0.25, -0.2) is 0 Å². The Balaban J connectivity index is 2.44. The summed E-state index contributed by atoms with van der Waals surface area (Å²) in [6.07, 6.45) is 2.54. The van der Waals surface area contributed by atoms with Gasteiger partial charge in [0.05, 0.1) is 12.7 Å². The SMILES string of the molecule is COCC(O)CNC(=O)C=Cc1ccc(C(C)C)cc1. The van der Waals surface area contributed by atoms with Crippen molar-refractivity contribution in [3.63, 3.8) is 0 Å². The van der Waals surface area contributed by atoms with E-state index < -0.39 is 6.10 Å². The number of rotatable bonds is 7. The normalized spacial score (nSPS) is 12.8. The van der Waals surface area contributed by atoms with Crippen molar-refractivity contribution in [2.45, 2.75) is 25.9 Å². The fourth-order valence-electron chi connectivity index (χ4n) is 1.69. The van der Waals surface area contributed by atoms with Crippen LogP contribution >= 0.6 is 0 Å². The summed E-state index contributed by atoms with van der Waals surface area (Å²) in [6, 6.07) is 8.09. The monoisotopic (exact) mass is 277 g/mol. The highest BCUT2D eigenvalue weighted by atomic mass is 16.5.